The summed E-state index contributed by atoms with van der Waals surface area (Å²) in [6.07, 6.45) is 2.27. The third-order valence-corrected chi connectivity index (χ3v) is 3.44. The van der Waals surface area contributed by atoms with Gasteiger partial charge in [0, 0.05) is 5.54 Å². The Morgan fingerprint density at radius 2 is 2.12 bits per heavy atom. The molecule has 3 nitrogen and oxygen atoms in total. The van der Waals surface area contributed by atoms with Gasteiger partial charge >= 0.3 is 0 Å². The molecule has 2 fully saturated rings. The molecule has 1 atom stereocenters. The summed E-state index contributed by atoms with van der Waals surface area (Å²) < 4.78 is 11.1. The smallest absolute Gasteiger partial charge is 0.106 e. The molecule has 2 aliphatic rings. The lowest BCUT2D eigenvalue weighted by Crippen LogP contribution is -2.23. The molecule has 0 amide bonds. The van der Waals surface area contributed by atoms with Crippen LogP contribution >= 0.6 is 0 Å². The van der Waals surface area contributed by atoms with Crippen LogP contribution in [0.5, 0.6) is 0 Å². The van der Waals surface area contributed by atoms with Crippen LogP contribution in [0, 0.1) is 0 Å². The number of nitrogens with two attached hydrogens (primary N) is 1. The van der Waals surface area contributed by atoms with Gasteiger partial charge in [-0.25, -0.2) is 0 Å². The second-order valence-corrected chi connectivity index (χ2v) is 4.72. The number of hydrogen-bond acceptors (Lipinski definition) is 3. The summed E-state index contributed by atoms with van der Waals surface area (Å²) in [4.78, 5) is 0. The Kier molecular flexibility index (Phi) is 2.46. The Morgan fingerprint density at radius 1 is 1.25 bits per heavy atom. The van der Waals surface area contributed by atoms with E-state index >= 15 is 0 Å². The summed E-state index contributed by atoms with van der Waals surface area (Å²) in [5, 5.41) is 0. The van der Waals surface area contributed by atoms with E-state index in [1.807, 2.05) is 0 Å². The van der Waals surface area contributed by atoms with E-state index in [1.54, 1.807) is 0 Å². The van der Waals surface area contributed by atoms with Gasteiger partial charge in [-0.2, -0.15) is 0 Å². The van der Waals surface area contributed by atoms with Crippen LogP contribution in [0.3, 0.4) is 0 Å². The van der Waals surface area contributed by atoms with Crippen molar-refractivity contribution in [2.24, 2.45) is 5.73 Å². The molecule has 0 radical (unpaired) electrons. The molecule has 1 saturated carbocycles. The molecular weight excluding hydrogens is 202 g/mol. The van der Waals surface area contributed by atoms with Crippen LogP contribution < -0.4 is 5.73 Å². The molecule has 0 spiro atoms. The number of hydrogen-bond donors (Lipinski definition) is 1. The summed E-state index contributed by atoms with van der Waals surface area (Å²) in [5.74, 6) is 0. The van der Waals surface area contributed by atoms with E-state index in [-0.39, 0.29) is 11.6 Å². The molecule has 1 unspecified atom stereocenters. The summed E-state index contributed by atoms with van der Waals surface area (Å²) >= 11 is 0. The fraction of sp³-hybridized carbons (Fsp3) is 0.538. The Morgan fingerprint density at radius 3 is 2.81 bits per heavy atom. The minimum Gasteiger partial charge on any atom is -0.376 e. The van der Waals surface area contributed by atoms with E-state index in [9.17, 15) is 0 Å². The molecule has 2 N–H and O–H groups in total. The van der Waals surface area contributed by atoms with Crippen LogP contribution in [-0.2, 0) is 15.0 Å². The van der Waals surface area contributed by atoms with E-state index in [1.165, 1.54) is 11.1 Å². The number of benzene rings is 1. The fourth-order valence-electron chi connectivity index (χ4n) is 2.15. The first kappa shape index (κ1) is 10.3. The van der Waals surface area contributed by atoms with Gasteiger partial charge in [0.1, 0.15) is 6.10 Å². The largest absolute Gasteiger partial charge is 0.376 e. The van der Waals surface area contributed by atoms with Crippen LogP contribution in [0.2, 0.25) is 0 Å². The highest BCUT2D eigenvalue weighted by Gasteiger charge is 2.40. The number of rotatable bonds is 2. The zero-order valence-corrected chi connectivity index (χ0v) is 9.32. The summed E-state index contributed by atoms with van der Waals surface area (Å²) in [6, 6.07) is 8.44. The van der Waals surface area contributed by atoms with E-state index < -0.39 is 0 Å². The quantitative estimate of drug-likeness (QED) is 0.823. The van der Waals surface area contributed by atoms with Crippen molar-refractivity contribution in [2.45, 2.75) is 24.5 Å². The first-order valence-corrected chi connectivity index (χ1v) is 5.87. The highest BCUT2D eigenvalue weighted by molar-refractivity contribution is 5.34. The molecule has 3 heteroatoms. The Hall–Kier alpha value is -0.900. The molecule has 86 valence electrons. The van der Waals surface area contributed by atoms with Gasteiger partial charge in [0.15, 0.2) is 0 Å². The minimum absolute atomic E-state index is 0.0640. The van der Waals surface area contributed by atoms with Gasteiger partial charge in [0.2, 0.25) is 0 Å². The molecule has 0 aromatic heterocycles. The molecule has 1 heterocycles. The standard InChI is InChI=1S/C13H17NO2/c14-13(4-5-13)11-3-1-2-10(8-11)12-9-15-6-7-16-12/h1-3,8,12H,4-7,9,14H2. The van der Waals surface area contributed by atoms with Crippen molar-refractivity contribution < 1.29 is 9.47 Å². The summed E-state index contributed by atoms with van der Waals surface area (Å²) in [6.45, 7) is 2.04. The third kappa shape index (κ3) is 1.86. The SMILES string of the molecule is NC1(c2cccc(C3COCCO3)c2)CC1. The molecule has 3 rings (SSSR count). The van der Waals surface area contributed by atoms with Crippen molar-refractivity contribution in [3.8, 4) is 0 Å². The Labute approximate surface area is 95.5 Å². The van der Waals surface area contributed by atoms with Crippen molar-refractivity contribution >= 4 is 0 Å². The normalized spacial score (nSPS) is 27.7. The van der Waals surface area contributed by atoms with Crippen LogP contribution in [-0.4, -0.2) is 19.8 Å². The molecule has 0 bridgehead atoms. The van der Waals surface area contributed by atoms with E-state index in [4.69, 9.17) is 15.2 Å². The molecule has 1 saturated heterocycles. The molecule has 16 heavy (non-hydrogen) atoms. The molecular formula is C13H17NO2. The maximum atomic E-state index is 6.19. The van der Waals surface area contributed by atoms with Gasteiger partial charge in [-0.3, -0.25) is 0 Å². The second-order valence-electron chi connectivity index (χ2n) is 4.72. The fourth-order valence-corrected chi connectivity index (χ4v) is 2.15. The van der Waals surface area contributed by atoms with Crippen LogP contribution in [0.1, 0.15) is 30.1 Å². The highest BCUT2D eigenvalue weighted by Crippen LogP contribution is 2.43. The molecule has 1 aliphatic carbocycles. The monoisotopic (exact) mass is 219 g/mol. The van der Waals surface area contributed by atoms with Crippen molar-refractivity contribution in [3.05, 3.63) is 35.4 Å². The predicted octanol–water partition coefficient (Wildman–Crippen LogP) is 1.72. The van der Waals surface area contributed by atoms with Gasteiger partial charge in [-0.1, -0.05) is 24.3 Å². The van der Waals surface area contributed by atoms with Crippen molar-refractivity contribution in [3.63, 3.8) is 0 Å². The molecule has 1 aliphatic heterocycles. The lowest BCUT2D eigenvalue weighted by Gasteiger charge is -2.24. The first-order chi connectivity index (χ1) is 7.78. The zero-order valence-electron chi connectivity index (χ0n) is 9.32. The highest BCUT2D eigenvalue weighted by atomic mass is 16.6. The van der Waals surface area contributed by atoms with Crippen LogP contribution in [0.15, 0.2) is 24.3 Å². The average Bonchev–Trinajstić information content (AvgIpc) is 3.10. The Bertz CT molecular complexity index is 381. The minimum atomic E-state index is -0.0640. The maximum Gasteiger partial charge on any atom is 0.106 e. The van der Waals surface area contributed by atoms with Gasteiger partial charge in [0.25, 0.3) is 0 Å². The summed E-state index contributed by atoms with van der Waals surface area (Å²) in [7, 11) is 0. The Balaban J connectivity index is 1.84. The third-order valence-electron chi connectivity index (χ3n) is 3.44. The summed E-state index contributed by atoms with van der Waals surface area (Å²) in [5.41, 5.74) is 8.55. The average molecular weight is 219 g/mol. The van der Waals surface area contributed by atoms with Gasteiger partial charge in [-0.15, -0.1) is 0 Å². The lowest BCUT2D eigenvalue weighted by atomic mass is 10.0. The predicted molar refractivity (Wildman–Crippen MR) is 61.1 cm³/mol. The maximum absolute atomic E-state index is 6.19. The van der Waals surface area contributed by atoms with Gasteiger partial charge in [0.05, 0.1) is 19.8 Å². The molecule has 1 aromatic carbocycles. The second kappa shape index (κ2) is 3.84. The van der Waals surface area contributed by atoms with Gasteiger partial charge < -0.3 is 15.2 Å². The molecule has 1 aromatic rings. The van der Waals surface area contributed by atoms with E-state index in [0.717, 1.165) is 12.8 Å². The van der Waals surface area contributed by atoms with Crippen molar-refractivity contribution in [1.82, 2.24) is 0 Å². The van der Waals surface area contributed by atoms with E-state index in [2.05, 4.69) is 24.3 Å². The zero-order chi connectivity index (χ0) is 11.0. The van der Waals surface area contributed by atoms with Crippen LogP contribution in [0.25, 0.3) is 0 Å². The van der Waals surface area contributed by atoms with Crippen molar-refractivity contribution in [2.75, 3.05) is 19.8 Å². The first-order valence-electron chi connectivity index (χ1n) is 5.87. The van der Waals surface area contributed by atoms with Crippen LogP contribution in [0.4, 0.5) is 0 Å². The topological polar surface area (TPSA) is 44.5 Å². The van der Waals surface area contributed by atoms with Crippen molar-refractivity contribution in [1.29, 1.82) is 0 Å². The van der Waals surface area contributed by atoms with Gasteiger partial charge in [-0.05, 0) is 24.0 Å². The lowest BCUT2D eigenvalue weighted by molar-refractivity contribution is -0.0901. The van der Waals surface area contributed by atoms with E-state index in [0.29, 0.717) is 19.8 Å². The number of ether oxygens (including phenoxy) is 2.